The van der Waals surface area contributed by atoms with Gasteiger partial charge in [-0.2, -0.15) is 11.8 Å². The topological polar surface area (TPSA) is 45.7 Å². The van der Waals surface area contributed by atoms with Crippen molar-refractivity contribution in [3.8, 4) is 0 Å². The molecule has 0 aromatic heterocycles. The molecule has 4 rings (SSSR count). The standard InChI is InChI=1S/C20H28FN3OS.HI/c1-22-19(23-11-13-4-5-15(21)10-14(13)12-26-2)24-17-16-6-9-25-18(16)20(17)7-3-8-20;/h4-5,10,16-18H,3,6-9,11-12H2,1-2H3,(H2,22,23,24);1H. The van der Waals surface area contributed by atoms with Crippen LogP contribution in [-0.2, 0) is 17.0 Å². The Bertz CT molecular complexity index is 698. The van der Waals surface area contributed by atoms with Crippen LogP contribution in [0.5, 0.6) is 0 Å². The maximum Gasteiger partial charge on any atom is 0.191 e. The lowest BCUT2D eigenvalue weighted by molar-refractivity contribution is -0.171. The number of rotatable bonds is 5. The first kappa shape index (κ1) is 21.2. The molecule has 3 atom stereocenters. The molecular formula is C20H29FIN3OS. The van der Waals surface area contributed by atoms with Crippen molar-refractivity contribution in [2.24, 2.45) is 16.3 Å². The molecular weight excluding hydrogens is 476 g/mol. The van der Waals surface area contributed by atoms with E-state index in [1.165, 1.54) is 25.3 Å². The van der Waals surface area contributed by atoms with E-state index in [-0.39, 0.29) is 29.8 Å². The van der Waals surface area contributed by atoms with E-state index < -0.39 is 0 Å². The zero-order valence-electron chi connectivity index (χ0n) is 16.0. The molecule has 0 radical (unpaired) electrons. The summed E-state index contributed by atoms with van der Waals surface area (Å²) in [6.45, 7) is 1.55. The quantitative estimate of drug-likeness (QED) is 0.362. The van der Waals surface area contributed by atoms with Crippen LogP contribution in [0.3, 0.4) is 0 Å². The Morgan fingerprint density at radius 1 is 1.37 bits per heavy atom. The predicted octanol–water partition coefficient (Wildman–Crippen LogP) is 3.93. The van der Waals surface area contributed by atoms with Gasteiger partial charge < -0.3 is 15.4 Å². The Morgan fingerprint density at radius 2 is 2.19 bits per heavy atom. The largest absolute Gasteiger partial charge is 0.377 e. The van der Waals surface area contributed by atoms with Crippen LogP contribution in [0.4, 0.5) is 4.39 Å². The molecule has 1 aromatic rings. The van der Waals surface area contributed by atoms with Gasteiger partial charge in [-0.15, -0.1) is 24.0 Å². The molecule has 2 N–H and O–H groups in total. The summed E-state index contributed by atoms with van der Waals surface area (Å²) in [6, 6.07) is 5.51. The normalized spacial score (nSPS) is 28.0. The van der Waals surface area contributed by atoms with Crippen molar-refractivity contribution in [3.63, 3.8) is 0 Å². The molecule has 150 valence electrons. The molecule has 1 saturated heterocycles. The average Bonchev–Trinajstić information content (AvgIpc) is 3.00. The van der Waals surface area contributed by atoms with E-state index >= 15 is 0 Å². The van der Waals surface area contributed by atoms with Gasteiger partial charge in [-0.1, -0.05) is 12.5 Å². The van der Waals surface area contributed by atoms with Gasteiger partial charge in [-0.25, -0.2) is 4.39 Å². The van der Waals surface area contributed by atoms with E-state index in [1.807, 2.05) is 19.4 Å². The number of fused-ring (bicyclic) bond motifs is 2. The SMILES string of the molecule is CN=C(NCc1ccc(F)cc1CSC)NC1C2CCOC2C12CCC2.I. The van der Waals surface area contributed by atoms with Crippen molar-refractivity contribution in [2.75, 3.05) is 19.9 Å². The summed E-state index contributed by atoms with van der Waals surface area (Å²) in [5.74, 6) is 2.10. The Labute approximate surface area is 182 Å². The molecule has 0 amide bonds. The van der Waals surface area contributed by atoms with E-state index in [0.29, 0.717) is 30.0 Å². The van der Waals surface area contributed by atoms with Gasteiger partial charge in [0.1, 0.15) is 5.82 Å². The van der Waals surface area contributed by atoms with Crippen LogP contribution in [-0.4, -0.2) is 38.0 Å². The van der Waals surface area contributed by atoms with Crippen LogP contribution < -0.4 is 10.6 Å². The zero-order valence-corrected chi connectivity index (χ0v) is 19.1. The van der Waals surface area contributed by atoms with Gasteiger partial charge in [-0.3, -0.25) is 4.99 Å². The number of halogens is 2. The molecule has 2 aliphatic carbocycles. The highest BCUT2D eigenvalue weighted by Gasteiger charge is 2.66. The summed E-state index contributed by atoms with van der Waals surface area (Å²) in [5, 5.41) is 7.12. The molecule has 2 saturated carbocycles. The second-order valence-electron chi connectivity index (χ2n) is 7.72. The van der Waals surface area contributed by atoms with Gasteiger partial charge in [0.2, 0.25) is 0 Å². The highest BCUT2D eigenvalue weighted by atomic mass is 127. The summed E-state index contributed by atoms with van der Waals surface area (Å²) >= 11 is 1.71. The van der Waals surface area contributed by atoms with Crippen molar-refractivity contribution >= 4 is 41.7 Å². The molecule has 3 unspecified atom stereocenters. The number of thioether (sulfide) groups is 1. The van der Waals surface area contributed by atoms with Crippen molar-refractivity contribution in [1.82, 2.24) is 10.6 Å². The highest BCUT2D eigenvalue weighted by molar-refractivity contribution is 14.0. The van der Waals surface area contributed by atoms with E-state index in [9.17, 15) is 4.39 Å². The lowest BCUT2D eigenvalue weighted by Gasteiger charge is -2.63. The molecule has 1 heterocycles. The number of nitrogens with zero attached hydrogens (tertiary/aromatic N) is 1. The molecule has 7 heteroatoms. The molecule has 4 nitrogen and oxygen atoms in total. The molecule has 3 aliphatic rings. The number of hydrogen-bond donors (Lipinski definition) is 2. The first-order valence-electron chi connectivity index (χ1n) is 9.53. The van der Waals surface area contributed by atoms with Crippen molar-refractivity contribution in [2.45, 2.75) is 50.1 Å². The Kier molecular flexibility index (Phi) is 6.95. The van der Waals surface area contributed by atoms with Crippen LogP contribution in [0.15, 0.2) is 23.2 Å². The van der Waals surface area contributed by atoms with E-state index in [1.54, 1.807) is 17.8 Å². The number of ether oxygens (including phenoxy) is 1. The summed E-state index contributed by atoms with van der Waals surface area (Å²) < 4.78 is 19.5. The minimum Gasteiger partial charge on any atom is -0.377 e. The van der Waals surface area contributed by atoms with Gasteiger partial charge in [-0.05, 0) is 48.8 Å². The lowest BCUT2D eigenvalue weighted by Crippen LogP contribution is -2.72. The predicted molar refractivity (Wildman–Crippen MR) is 120 cm³/mol. The summed E-state index contributed by atoms with van der Waals surface area (Å²) in [5.41, 5.74) is 2.50. The van der Waals surface area contributed by atoms with Gasteiger partial charge in [0.05, 0.1) is 6.10 Å². The molecule has 1 aliphatic heterocycles. The summed E-state index contributed by atoms with van der Waals surface area (Å²) in [6.07, 6.45) is 7.48. The smallest absolute Gasteiger partial charge is 0.191 e. The van der Waals surface area contributed by atoms with Crippen LogP contribution in [0.2, 0.25) is 0 Å². The fraction of sp³-hybridized carbons (Fsp3) is 0.650. The Morgan fingerprint density at radius 3 is 2.85 bits per heavy atom. The van der Waals surface area contributed by atoms with Gasteiger partial charge in [0.15, 0.2) is 5.96 Å². The summed E-state index contributed by atoms with van der Waals surface area (Å²) in [7, 11) is 1.82. The van der Waals surface area contributed by atoms with Gasteiger partial charge >= 0.3 is 0 Å². The maximum atomic E-state index is 13.5. The lowest BCUT2D eigenvalue weighted by atomic mass is 9.46. The second-order valence-corrected chi connectivity index (χ2v) is 8.59. The monoisotopic (exact) mass is 505 g/mol. The number of benzene rings is 1. The molecule has 3 fully saturated rings. The van der Waals surface area contributed by atoms with Crippen LogP contribution in [0, 0.1) is 17.2 Å². The average molecular weight is 505 g/mol. The minimum absolute atomic E-state index is 0. The van der Waals surface area contributed by atoms with Crippen LogP contribution in [0.25, 0.3) is 0 Å². The number of hydrogen-bond acceptors (Lipinski definition) is 3. The van der Waals surface area contributed by atoms with Crippen molar-refractivity contribution in [1.29, 1.82) is 0 Å². The maximum absolute atomic E-state index is 13.5. The van der Waals surface area contributed by atoms with Crippen LogP contribution >= 0.6 is 35.7 Å². The molecule has 27 heavy (non-hydrogen) atoms. The minimum atomic E-state index is -0.172. The molecule has 1 aromatic carbocycles. The van der Waals surface area contributed by atoms with Gasteiger partial charge in [0.25, 0.3) is 0 Å². The first-order valence-corrected chi connectivity index (χ1v) is 10.9. The zero-order chi connectivity index (χ0) is 18.1. The third kappa shape index (κ3) is 3.83. The van der Waals surface area contributed by atoms with E-state index in [2.05, 4.69) is 15.6 Å². The third-order valence-corrected chi connectivity index (χ3v) is 7.07. The number of guanidine groups is 1. The second kappa shape index (κ2) is 8.86. The fourth-order valence-electron chi connectivity index (χ4n) is 5.03. The fourth-order valence-corrected chi connectivity index (χ4v) is 5.61. The Hall–Kier alpha value is -0.540. The first-order chi connectivity index (χ1) is 12.7. The summed E-state index contributed by atoms with van der Waals surface area (Å²) in [4.78, 5) is 4.43. The van der Waals surface area contributed by atoms with E-state index in [4.69, 9.17) is 4.74 Å². The van der Waals surface area contributed by atoms with E-state index in [0.717, 1.165) is 35.9 Å². The highest BCUT2D eigenvalue weighted by Crippen LogP contribution is 2.62. The number of aliphatic imine (C=N–C) groups is 1. The third-order valence-electron chi connectivity index (χ3n) is 6.47. The van der Waals surface area contributed by atoms with Gasteiger partial charge in [0, 0.05) is 43.3 Å². The molecule has 1 spiro atoms. The van der Waals surface area contributed by atoms with Crippen molar-refractivity contribution < 1.29 is 9.13 Å². The van der Waals surface area contributed by atoms with Crippen LogP contribution in [0.1, 0.15) is 36.8 Å². The molecule has 0 bridgehead atoms. The number of nitrogens with one attached hydrogen (secondary N) is 2. The van der Waals surface area contributed by atoms with Crippen molar-refractivity contribution in [3.05, 3.63) is 35.1 Å². The Balaban J connectivity index is 0.00000210.